The fraction of sp³-hybridized carbons (Fsp3) is 0.526. The number of nitrogens with zero attached hydrogens (tertiary/aromatic N) is 1. The van der Waals surface area contributed by atoms with E-state index < -0.39 is 35.5 Å². The van der Waals surface area contributed by atoms with E-state index in [0.29, 0.717) is 12.8 Å². The molecule has 29 heavy (non-hydrogen) atoms. The van der Waals surface area contributed by atoms with E-state index in [1.807, 2.05) is 0 Å². The zero-order valence-electron chi connectivity index (χ0n) is 16.9. The van der Waals surface area contributed by atoms with Crippen LogP contribution in [-0.4, -0.2) is 47.1 Å². The lowest BCUT2D eigenvalue weighted by atomic mass is 10.0. The quantitative estimate of drug-likeness (QED) is 0.391. The molecule has 0 aliphatic heterocycles. The lowest BCUT2D eigenvalue weighted by Gasteiger charge is -2.23. The number of Topliss-reactive ketones (excluding diaryl/α,β-unsaturated/α-hetero) is 1. The Morgan fingerprint density at radius 1 is 1.21 bits per heavy atom. The Kier molecular flexibility index (Phi) is 9.57. The van der Waals surface area contributed by atoms with Gasteiger partial charge in [0.2, 0.25) is 5.78 Å². The van der Waals surface area contributed by atoms with Crippen LogP contribution in [0, 0.1) is 0 Å². The maximum atomic E-state index is 12.5. The summed E-state index contributed by atoms with van der Waals surface area (Å²) in [6.07, 6.45) is 2.47. The third-order valence-corrected chi connectivity index (χ3v) is 3.54. The van der Waals surface area contributed by atoms with E-state index in [9.17, 15) is 19.2 Å². The van der Waals surface area contributed by atoms with E-state index in [2.05, 4.69) is 20.4 Å². The second-order valence-electron chi connectivity index (χ2n) is 7.27. The second-order valence-corrected chi connectivity index (χ2v) is 7.27. The molecule has 10 heteroatoms. The molecule has 1 heterocycles. The normalized spacial score (nSPS) is 11.8. The molecular formula is C19H28N4O6. The molecule has 160 valence electrons. The molecule has 10 nitrogen and oxygen atoms in total. The number of pyridine rings is 1. The minimum absolute atomic E-state index is 0.0793. The molecule has 0 saturated carbocycles. The highest BCUT2D eigenvalue weighted by Crippen LogP contribution is 2.09. The average Bonchev–Trinajstić information content (AvgIpc) is 2.63. The van der Waals surface area contributed by atoms with Gasteiger partial charge < -0.3 is 25.8 Å². The molecule has 0 spiro atoms. The molecule has 0 aliphatic carbocycles. The number of carbonyl (C=O) groups is 4. The van der Waals surface area contributed by atoms with Gasteiger partial charge in [-0.15, -0.1) is 0 Å². The van der Waals surface area contributed by atoms with Gasteiger partial charge in [-0.25, -0.2) is 9.59 Å². The maximum absolute atomic E-state index is 12.5. The summed E-state index contributed by atoms with van der Waals surface area (Å²) in [6.45, 7) is 5.27. The van der Waals surface area contributed by atoms with E-state index in [0.717, 1.165) is 5.56 Å². The van der Waals surface area contributed by atoms with Gasteiger partial charge in [0.25, 0.3) is 5.91 Å². The molecule has 0 saturated heterocycles. The van der Waals surface area contributed by atoms with Gasteiger partial charge in [-0.3, -0.25) is 14.6 Å². The van der Waals surface area contributed by atoms with Crippen molar-refractivity contribution < 1.29 is 28.7 Å². The van der Waals surface area contributed by atoms with E-state index in [4.69, 9.17) is 10.5 Å². The Balaban J connectivity index is 2.65. The Morgan fingerprint density at radius 2 is 1.93 bits per heavy atom. The van der Waals surface area contributed by atoms with Crippen molar-refractivity contribution in [2.45, 2.75) is 58.2 Å². The number of unbranched alkanes of at least 4 members (excludes halogenated alkanes) is 1. The van der Waals surface area contributed by atoms with Gasteiger partial charge in [0, 0.05) is 18.9 Å². The molecule has 1 aromatic heterocycles. The Morgan fingerprint density at radius 3 is 2.52 bits per heavy atom. The van der Waals surface area contributed by atoms with Gasteiger partial charge in [0.05, 0.1) is 6.61 Å². The highest BCUT2D eigenvalue weighted by Gasteiger charge is 2.28. The second kappa shape index (κ2) is 11.6. The van der Waals surface area contributed by atoms with Crippen molar-refractivity contribution in [2.24, 2.45) is 5.73 Å². The predicted octanol–water partition coefficient (Wildman–Crippen LogP) is 1.43. The molecule has 0 fully saturated rings. The van der Waals surface area contributed by atoms with Crippen molar-refractivity contribution in [1.82, 2.24) is 15.6 Å². The first-order valence-electron chi connectivity index (χ1n) is 9.21. The minimum Gasteiger partial charge on any atom is -0.450 e. The first-order chi connectivity index (χ1) is 13.6. The van der Waals surface area contributed by atoms with Crippen molar-refractivity contribution in [3.63, 3.8) is 0 Å². The number of nitrogens with two attached hydrogens (primary N) is 1. The minimum atomic E-state index is -1.08. The number of ketones is 1. The molecule has 0 aliphatic rings. The Bertz CT molecular complexity index is 702. The summed E-state index contributed by atoms with van der Waals surface area (Å²) in [5.74, 6) is -1.63. The van der Waals surface area contributed by atoms with E-state index >= 15 is 0 Å². The molecule has 0 radical (unpaired) electrons. The van der Waals surface area contributed by atoms with Crippen LogP contribution in [0.1, 0.15) is 45.6 Å². The molecule has 1 atom stereocenters. The number of aromatic nitrogens is 1. The number of nitrogens with one attached hydrogen (secondary N) is 2. The third kappa shape index (κ3) is 10.7. The zero-order chi connectivity index (χ0) is 21.9. The molecule has 3 amide bonds. The number of hydrogen-bond donors (Lipinski definition) is 3. The van der Waals surface area contributed by atoms with Crippen molar-refractivity contribution in [2.75, 3.05) is 6.61 Å². The molecule has 1 unspecified atom stereocenters. The summed E-state index contributed by atoms with van der Waals surface area (Å²) in [5, 5.41) is 4.95. The number of carbonyl (C=O) groups excluding carboxylic acids is 4. The smallest absolute Gasteiger partial charge is 0.408 e. The lowest BCUT2D eigenvalue weighted by Crippen LogP contribution is -2.48. The fourth-order valence-corrected chi connectivity index (χ4v) is 2.27. The monoisotopic (exact) mass is 408 g/mol. The first kappa shape index (κ1) is 23.9. The average molecular weight is 408 g/mol. The van der Waals surface area contributed by atoms with E-state index in [1.165, 1.54) is 0 Å². The van der Waals surface area contributed by atoms with Crippen LogP contribution in [0.2, 0.25) is 0 Å². The topological polar surface area (TPSA) is 150 Å². The van der Waals surface area contributed by atoms with Crippen molar-refractivity contribution >= 4 is 23.9 Å². The van der Waals surface area contributed by atoms with E-state index in [-0.39, 0.29) is 19.6 Å². The number of ether oxygens (including phenoxy) is 2. The molecular weight excluding hydrogens is 380 g/mol. The van der Waals surface area contributed by atoms with Gasteiger partial charge in [-0.1, -0.05) is 6.07 Å². The fourth-order valence-electron chi connectivity index (χ4n) is 2.27. The van der Waals surface area contributed by atoms with Crippen molar-refractivity contribution in [3.8, 4) is 0 Å². The van der Waals surface area contributed by atoms with Crippen LogP contribution < -0.4 is 16.4 Å². The third-order valence-electron chi connectivity index (χ3n) is 3.54. The van der Waals surface area contributed by atoms with Crippen LogP contribution in [0.3, 0.4) is 0 Å². The van der Waals surface area contributed by atoms with Crippen LogP contribution in [-0.2, 0) is 25.6 Å². The summed E-state index contributed by atoms with van der Waals surface area (Å²) in [5.41, 5.74) is 4.86. The summed E-state index contributed by atoms with van der Waals surface area (Å²) >= 11 is 0. The lowest BCUT2D eigenvalue weighted by molar-refractivity contribution is -0.139. The Labute approximate surface area is 169 Å². The molecule has 1 rings (SSSR count). The maximum Gasteiger partial charge on any atom is 0.408 e. The van der Waals surface area contributed by atoms with Gasteiger partial charge in [-0.05, 0) is 51.7 Å². The summed E-state index contributed by atoms with van der Waals surface area (Å²) in [4.78, 5) is 51.3. The molecule has 1 aromatic rings. The van der Waals surface area contributed by atoms with Gasteiger partial charge in [-0.2, -0.15) is 0 Å². The number of primary amides is 1. The molecule has 4 N–H and O–H groups in total. The highest BCUT2D eigenvalue weighted by atomic mass is 16.6. The standard InChI is InChI=1S/C19H28N4O6/c1-19(2,3)29-18(27)23-14(8-4-5-10-28-17(20)26)15(24)16(25)22-12-13-7-6-9-21-11-13/h6-7,9,11,14H,4-5,8,10,12H2,1-3H3,(H2,20,26)(H,22,25)(H,23,27). The van der Waals surface area contributed by atoms with Crippen LogP contribution in [0.25, 0.3) is 0 Å². The van der Waals surface area contributed by atoms with Gasteiger partial charge >= 0.3 is 12.2 Å². The van der Waals surface area contributed by atoms with Gasteiger partial charge in [0.15, 0.2) is 0 Å². The zero-order valence-corrected chi connectivity index (χ0v) is 16.9. The van der Waals surface area contributed by atoms with Crippen molar-refractivity contribution in [3.05, 3.63) is 30.1 Å². The SMILES string of the molecule is CC(C)(C)OC(=O)NC(CCCCOC(N)=O)C(=O)C(=O)NCc1cccnc1. The largest absolute Gasteiger partial charge is 0.450 e. The Hall–Kier alpha value is -3.17. The summed E-state index contributed by atoms with van der Waals surface area (Å²) in [6, 6.07) is 2.39. The highest BCUT2D eigenvalue weighted by molar-refractivity contribution is 6.38. The van der Waals surface area contributed by atoms with Crippen LogP contribution in [0.15, 0.2) is 24.5 Å². The summed E-state index contributed by atoms with van der Waals surface area (Å²) in [7, 11) is 0. The summed E-state index contributed by atoms with van der Waals surface area (Å²) < 4.78 is 9.78. The van der Waals surface area contributed by atoms with Crippen LogP contribution in [0.4, 0.5) is 9.59 Å². The van der Waals surface area contributed by atoms with Crippen LogP contribution >= 0.6 is 0 Å². The number of hydrogen-bond acceptors (Lipinski definition) is 7. The van der Waals surface area contributed by atoms with Gasteiger partial charge in [0.1, 0.15) is 11.6 Å². The van der Waals surface area contributed by atoms with Crippen LogP contribution in [0.5, 0.6) is 0 Å². The number of rotatable bonds is 10. The number of amides is 3. The first-order valence-corrected chi connectivity index (χ1v) is 9.21. The number of alkyl carbamates (subject to hydrolysis) is 1. The molecule has 0 bridgehead atoms. The predicted molar refractivity (Wildman–Crippen MR) is 104 cm³/mol. The molecule has 0 aromatic carbocycles. The van der Waals surface area contributed by atoms with E-state index in [1.54, 1.807) is 45.3 Å². The van der Waals surface area contributed by atoms with Crippen molar-refractivity contribution in [1.29, 1.82) is 0 Å².